The summed E-state index contributed by atoms with van der Waals surface area (Å²) in [6.07, 6.45) is 5.86. The highest BCUT2D eigenvalue weighted by Gasteiger charge is 2.23. The number of hydrogen-bond acceptors (Lipinski definition) is 2. The highest BCUT2D eigenvalue weighted by Crippen LogP contribution is 2.28. The average molecular weight is 190 g/mol. The van der Waals surface area contributed by atoms with Gasteiger partial charge in [0.05, 0.1) is 11.4 Å². The van der Waals surface area contributed by atoms with E-state index in [0.717, 1.165) is 11.6 Å². The molecular weight excluding hydrogens is 172 g/mol. The number of aryl methyl sites for hydroxylation is 1. The van der Waals surface area contributed by atoms with Gasteiger partial charge in [0.25, 0.3) is 0 Å². The monoisotopic (exact) mass is 190 g/mol. The van der Waals surface area contributed by atoms with E-state index in [1.54, 1.807) is 0 Å². The number of anilines is 1. The lowest BCUT2D eigenvalue weighted by Gasteiger charge is -2.19. The van der Waals surface area contributed by atoms with E-state index in [-0.39, 0.29) is 0 Å². The Labute approximate surface area is 85.7 Å². The fourth-order valence-corrected chi connectivity index (χ4v) is 2.20. The van der Waals surface area contributed by atoms with Crippen LogP contribution in [0.15, 0.2) is 18.3 Å². The van der Waals surface area contributed by atoms with E-state index in [1.165, 1.54) is 24.9 Å². The minimum absolute atomic E-state index is 0.651. The van der Waals surface area contributed by atoms with Crippen molar-refractivity contribution in [1.82, 2.24) is 4.98 Å². The van der Waals surface area contributed by atoms with E-state index in [1.807, 2.05) is 12.3 Å². The molecule has 2 nitrogen and oxygen atoms in total. The molecule has 1 aromatic heterocycles. The van der Waals surface area contributed by atoms with Crippen LogP contribution >= 0.6 is 0 Å². The maximum absolute atomic E-state index is 4.28. The molecule has 0 aromatic carbocycles. The molecule has 1 heterocycles. The van der Waals surface area contributed by atoms with Crippen LogP contribution in [0.3, 0.4) is 0 Å². The minimum Gasteiger partial charge on any atom is -0.381 e. The summed E-state index contributed by atoms with van der Waals surface area (Å²) in [5, 5.41) is 3.60. The van der Waals surface area contributed by atoms with Gasteiger partial charge in [0.2, 0.25) is 0 Å². The number of pyridine rings is 1. The van der Waals surface area contributed by atoms with E-state index < -0.39 is 0 Å². The third-order valence-corrected chi connectivity index (χ3v) is 3.21. The van der Waals surface area contributed by atoms with Crippen molar-refractivity contribution in [3.8, 4) is 0 Å². The molecule has 1 aromatic rings. The van der Waals surface area contributed by atoms with Crippen LogP contribution in [0, 0.1) is 12.8 Å². The maximum atomic E-state index is 4.28. The number of aromatic nitrogens is 1. The molecule has 76 valence electrons. The highest BCUT2D eigenvalue weighted by atomic mass is 14.9. The van der Waals surface area contributed by atoms with Crippen molar-refractivity contribution in [2.45, 2.75) is 39.2 Å². The van der Waals surface area contributed by atoms with Crippen LogP contribution in [-0.2, 0) is 0 Å². The van der Waals surface area contributed by atoms with Gasteiger partial charge >= 0.3 is 0 Å². The zero-order chi connectivity index (χ0) is 9.97. The lowest BCUT2D eigenvalue weighted by atomic mass is 10.1. The Bertz CT molecular complexity index is 309. The van der Waals surface area contributed by atoms with Gasteiger partial charge in [-0.1, -0.05) is 13.3 Å². The minimum atomic E-state index is 0.651. The molecule has 0 aliphatic heterocycles. The Balaban J connectivity index is 2.07. The molecular formula is C12H18N2. The van der Waals surface area contributed by atoms with Crippen molar-refractivity contribution in [3.05, 3.63) is 24.0 Å². The van der Waals surface area contributed by atoms with Gasteiger partial charge in [-0.25, -0.2) is 0 Å². The smallest absolute Gasteiger partial charge is 0.0603 e. The third-order valence-electron chi connectivity index (χ3n) is 3.21. The van der Waals surface area contributed by atoms with Gasteiger partial charge in [0.1, 0.15) is 0 Å². The normalized spacial score (nSPS) is 26.4. The van der Waals surface area contributed by atoms with Gasteiger partial charge in [-0.15, -0.1) is 0 Å². The number of hydrogen-bond donors (Lipinski definition) is 1. The fourth-order valence-electron chi connectivity index (χ4n) is 2.20. The Hall–Kier alpha value is -1.05. The first kappa shape index (κ1) is 9.50. The van der Waals surface area contributed by atoms with Gasteiger partial charge in [-0.3, -0.25) is 4.98 Å². The zero-order valence-electron chi connectivity index (χ0n) is 8.96. The summed E-state index contributed by atoms with van der Waals surface area (Å²) in [6.45, 7) is 4.39. The van der Waals surface area contributed by atoms with Crippen LogP contribution < -0.4 is 5.32 Å². The summed E-state index contributed by atoms with van der Waals surface area (Å²) >= 11 is 0. The average Bonchev–Trinajstić information content (AvgIpc) is 2.56. The predicted molar refractivity (Wildman–Crippen MR) is 59.4 cm³/mol. The summed E-state index contributed by atoms with van der Waals surface area (Å²) in [6, 6.07) is 4.76. The second-order valence-electron chi connectivity index (χ2n) is 4.30. The first-order chi connectivity index (χ1) is 6.77. The lowest BCUT2D eigenvalue weighted by molar-refractivity contribution is 0.556. The van der Waals surface area contributed by atoms with E-state index >= 15 is 0 Å². The summed E-state index contributed by atoms with van der Waals surface area (Å²) in [7, 11) is 0. The molecule has 14 heavy (non-hydrogen) atoms. The second kappa shape index (κ2) is 3.99. The van der Waals surface area contributed by atoms with Crippen LogP contribution in [0.1, 0.15) is 31.9 Å². The Morgan fingerprint density at radius 3 is 2.93 bits per heavy atom. The number of rotatable bonds is 2. The Morgan fingerprint density at radius 1 is 1.43 bits per heavy atom. The fraction of sp³-hybridized carbons (Fsp3) is 0.583. The number of nitrogens with zero attached hydrogens (tertiary/aromatic N) is 1. The molecule has 2 atom stereocenters. The molecule has 1 aliphatic carbocycles. The zero-order valence-corrected chi connectivity index (χ0v) is 8.96. The molecule has 1 aliphatic rings. The molecule has 1 saturated carbocycles. The molecule has 0 amide bonds. The van der Waals surface area contributed by atoms with Crippen molar-refractivity contribution in [2.75, 3.05) is 5.32 Å². The van der Waals surface area contributed by atoms with Crippen molar-refractivity contribution in [2.24, 2.45) is 5.92 Å². The van der Waals surface area contributed by atoms with E-state index in [9.17, 15) is 0 Å². The van der Waals surface area contributed by atoms with Crippen molar-refractivity contribution in [1.29, 1.82) is 0 Å². The Morgan fingerprint density at radius 2 is 2.29 bits per heavy atom. The molecule has 0 saturated heterocycles. The van der Waals surface area contributed by atoms with Crippen LogP contribution in [0.5, 0.6) is 0 Å². The van der Waals surface area contributed by atoms with E-state index in [0.29, 0.717) is 6.04 Å². The van der Waals surface area contributed by atoms with E-state index in [4.69, 9.17) is 0 Å². The SMILES string of the molecule is Cc1ncccc1N[C@@H]1CCC[C@@H]1C. The van der Waals surface area contributed by atoms with Gasteiger partial charge in [0, 0.05) is 12.2 Å². The summed E-state index contributed by atoms with van der Waals surface area (Å²) in [5.74, 6) is 0.801. The molecule has 0 unspecified atom stereocenters. The second-order valence-corrected chi connectivity index (χ2v) is 4.30. The lowest BCUT2D eigenvalue weighted by Crippen LogP contribution is -2.22. The predicted octanol–water partition coefficient (Wildman–Crippen LogP) is 2.99. The van der Waals surface area contributed by atoms with Gasteiger partial charge in [-0.05, 0) is 37.8 Å². The number of nitrogens with one attached hydrogen (secondary N) is 1. The molecule has 0 bridgehead atoms. The molecule has 0 spiro atoms. The largest absolute Gasteiger partial charge is 0.381 e. The van der Waals surface area contributed by atoms with Crippen LogP contribution in [-0.4, -0.2) is 11.0 Å². The molecule has 2 rings (SSSR count). The van der Waals surface area contributed by atoms with E-state index in [2.05, 4.69) is 30.2 Å². The van der Waals surface area contributed by atoms with Gasteiger partial charge < -0.3 is 5.32 Å². The van der Waals surface area contributed by atoms with Crippen LogP contribution in [0.2, 0.25) is 0 Å². The summed E-state index contributed by atoms with van der Waals surface area (Å²) in [5.41, 5.74) is 2.30. The van der Waals surface area contributed by atoms with Crippen LogP contribution in [0.25, 0.3) is 0 Å². The highest BCUT2D eigenvalue weighted by molar-refractivity contribution is 5.47. The Kier molecular flexibility index (Phi) is 2.71. The standard InChI is InChI=1S/C12H18N2/c1-9-5-3-6-11(9)14-12-7-4-8-13-10(12)2/h4,7-9,11,14H,3,5-6H2,1-2H3/t9-,11+/m0/s1. The summed E-state index contributed by atoms with van der Waals surface area (Å²) < 4.78 is 0. The maximum Gasteiger partial charge on any atom is 0.0603 e. The molecule has 1 N–H and O–H groups in total. The third kappa shape index (κ3) is 1.89. The quantitative estimate of drug-likeness (QED) is 0.775. The van der Waals surface area contributed by atoms with Gasteiger partial charge in [0.15, 0.2) is 0 Å². The van der Waals surface area contributed by atoms with Crippen molar-refractivity contribution >= 4 is 5.69 Å². The first-order valence-corrected chi connectivity index (χ1v) is 5.45. The van der Waals surface area contributed by atoms with Crippen LogP contribution in [0.4, 0.5) is 5.69 Å². The first-order valence-electron chi connectivity index (χ1n) is 5.45. The molecule has 0 radical (unpaired) electrons. The van der Waals surface area contributed by atoms with Crippen molar-refractivity contribution in [3.63, 3.8) is 0 Å². The molecule has 2 heteroatoms. The topological polar surface area (TPSA) is 24.9 Å². The summed E-state index contributed by atoms with van der Waals surface area (Å²) in [4.78, 5) is 4.28. The van der Waals surface area contributed by atoms with Crippen molar-refractivity contribution < 1.29 is 0 Å². The molecule has 1 fully saturated rings. The van der Waals surface area contributed by atoms with Gasteiger partial charge in [-0.2, -0.15) is 0 Å².